The van der Waals surface area contributed by atoms with Crippen molar-refractivity contribution in [2.75, 3.05) is 36.5 Å². The van der Waals surface area contributed by atoms with Gasteiger partial charge in [0, 0.05) is 41.8 Å². The lowest BCUT2D eigenvalue weighted by Crippen LogP contribution is -2.36. The number of aromatic amines is 1. The van der Waals surface area contributed by atoms with Gasteiger partial charge in [-0.2, -0.15) is 0 Å². The number of aryl methyl sites for hydroxylation is 1. The molecule has 0 radical (unpaired) electrons. The molecule has 0 aliphatic carbocycles. The Balaban J connectivity index is 1.35. The van der Waals surface area contributed by atoms with Gasteiger partial charge in [0.05, 0.1) is 23.8 Å². The van der Waals surface area contributed by atoms with Crippen LogP contribution in [0.15, 0.2) is 54.7 Å². The maximum absolute atomic E-state index is 12.8. The third-order valence-electron chi connectivity index (χ3n) is 5.46. The lowest BCUT2D eigenvalue weighted by atomic mass is 10.1. The number of aromatic nitrogens is 3. The van der Waals surface area contributed by atoms with Crippen molar-refractivity contribution in [1.82, 2.24) is 15.0 Å². The molecule has 0 unspecified atom stereocenters. The summed E-state index contributed by atoms with van der Waals surface area (Å²) in [6, 6.07) is 14.9. The number of pyridine rings is 1. The van der Waals surface area contributed by atoms with Gasteiger partial charge in [-0.3, -0.25) is 4.79 Å². The normalized spacial score (nSPS) is 14.0. The van der Waals surface area contributed by atoms with E-state index in [-0.39, 0.29) is 5.91 Å². The van der Waals surface area contributed by atoms with Crippen molar-refractivity contribution in [2.24, 2.45) is 0 Å². The van der Waals surface area contributed by atoms with Gasteiger partial charge in [0.2, 0.25) is 0 Å². The number of hydrogen-bond acceptors (Lipinski definition) is 5. The molecule has 2 N–H and O–H groups in total. The van der Waals surface area contributed by atoms with Crippen LogP contribution < -0.4 is 10.2 Å². The number of imidazole rings is 1. The molecule has 1 aliphatic heterocycles. The van der Waals surface area contributed by atoms with E-state index in [4.69, 9.17) is 16.3 Å². The van der Waals surface area contributed by atoms with Gasteiger partial charge >= 0.3 is 0 Å². The fourth-order valence-electron chi connectivity index (χ4n) is 3.76. The first-order valence-corrected chi connectivity index (χ1v) is 10.8. The SMILES string of the molecule is Cc1cnc2nc(-c3cc(NC(=O)c4ccc(N5CCOCC5)cc4)ccc3Cl)[nH]c2c1. The molecule has 1 amide bonds. The number of fused-ring (bicyclic) bond motifs is 1. The van der Waals surface area contributed by atoms with Crippen molar-refractivity contribution in [3.63, 3.8) is 0 Å². The zero-order valence-electron chi connectivity index (χ0n) is 17.6. The minimum atomic E-state index is -0.186. The second-order valence-electron chi connectivity index (χ2n) is 7.76. The predicted octanol–water partition coefficient (Wildman–Crippen LogP) is 4.68. The Morgan fingerprint density at radius 3 is 2.69 bits per heavy atom. The van der Waals surface area contributed by atoms with Gasteiger partial charge in [-0.05, 0) is 61.0 Å². The van der Waals surface area contributed by atoms with Crippen LogP contribution in [-0.2, 0) is 4.74 Å². The number of nitrogens with zero attached hydrogens (tertiary/aromatic N) is 3. The summed E-state index contributed by atoms with van der Waals surface area (Å²) >= 11 is 6.43. The molecule has 162 valence electrons. The topological polar surface area (TPSA) is 83.1 Å². The highest BCUT2D eigenvalue weighted by Crippen LogP contribution is 2.30. The summed E-state index contributed by atoms with van der Waals surface area (Å²) < 4.78 is 5.40. The van der Waals surface area contributed by atoms with E-state index in [0.29, 0.717) is 33.3 Å². The Bertz CT molecular complexity index is 1280. The van der Waals surface area contributed by atoms with Crippen molar-refractivity contribution in [3.05, 3.63) is 70.9 Å². The summed E-state index contributed by atoms with van der Waals surface area (Å²) in [6.45, 7) is 5.14. The van der Waals surface area contributed by atoms with E-state index in [9.17, 15) is 4.79 Å². The fourth-order valence-corrected chi connectivity index (χ4v) is 3.97. The molecule has 4 aromatic rings. The summed E-state index contributed by atoms with van der Waals surface area (Å²) in [5, 5.41) is 3.48. The van der Waals surface area contributed by atoms with E-state index in [0.717, 1.165) is 43.1 Å². The van der Waals surface area contributed by atoms with E-state index in [1.807, 2.05) is 43.3 Å². The molecule has 1 aliphatic rings. The predicted molar refractivity (Wildman–Crippen MR) is 126 cm³/mol. The Labute approximate surface area is 190 Å². The van der Waals surface area contributed by atoms with Crippen molar-refractivity contribution < 1.29 is 9.53 Å². The molecule has 2 aromatic carbocycles. The zero-order chi connectivity index (χ0) is 22.1. The molecule has 0 bridgehead atoms. The lowest BCUT2D eigenvalue weighted by molar-refractivity contribution is 0.102. The number of carbonyl (C=O) groups excluding carboxylic acids is 1. The molecule has 5 rings (SSSR count). The average molecular weight is 448 g/mol. The highest BCUT2D eigenvalue weighted by molar-refractivity contribution is 6.33. The highest BCUT2D eigenvalue weighted by atomic mass is 35.5. The van der Waals surface area contributed by atoms with E-state index in [1.54, 1.807) is 18.3 Å². The fraction of sp³-hybridized carbons (Fsp3) is 0.208. The Morgan fingerprint density at radius 1 is 1.12 bits per heavy atom. The third kappa shape index (κ3) is 4.17. The maximum Gasteiger partial charge on any atom is 0.255 e. The summed E-state index contributed by atoms with van der Waals surface area (Å²) in [5.74, 6) is 0.419. The number of carbonyl (C=O) groups is 1. The Morgan fingerprint density at radius 2 is 1.91 bits per heavy atom. The molecular formula is C24H22ClN5O2. The van der Waals surface area contributed by atoms with E-state index in [2.05, 4.69) is 25.2 Å². The van der Waals surface area contributed by atoms with Crippen molar-refractivity contribution in [3.8, 4) is 11.4 Å². The number of hydrogen-bond donors (Lipinski definition) is 2. The van der Waals surface area contributed by atoms with Crippen LogP contribution in [0.5, 0.6) is 0 Å². The van der Waals surface area contributed by atoms with Gasteiger partial charge in [-0.15, -0.1) is 0 Å². The number of rotatable bonds is 4. The minimum Gasteiger partial charge on any atom is -0.378 e. The summed E-state index contributed by atoms with van der Waals surface area (Å²) in [6.07, 6.45) is 1.77. The van der Waals surface area contributed by atoms with Gasteiger partial charge in [-0.25, -0.2) is 9.97 Å². The number of amides is 1. The van der Waals surface area contributed by atoms with Gasteiger partial charge in [-0.1, -0.05) is 11.6 Å². The van der Waals surface area contributed by atoms with Crippen LogP contribution in [0.25, 0.3) is 22.6 Å². The average Bonchev–Trinajstić information content (AvgIpc) is 3.24. The molecule has 7 nitrogen and oxygen atoms in total. The van der Waals surface area contributed by atoms with E-state index in [1.165, 1.54) is 0 Å². The second kappa shape index (κ2) is 8.61. The van der Waals surface area contributed by atoms with Gasteiger partial charge in [0.25, 0.3) is 5.91 Å². The van der Waals surface area contributed by atoms with Crippen LogP contribution in [0.3, 0.4) is 0 Å². The quantitative estimate of drug-likeness (QED) is 0.474. The first kappa shape index (κ1) is 20.5. The van der Waals surface area contributed by atoms with E-state index >= 15 is 0 Å². The molecule has 1 fully saturated rings. The molecule has 2 aromatic heterocycles. The van der Waals surface area contributed by atoms with Crippen LogP contribution in [0, 0.1) is 6.92 Å². The van der Waals surface area contributed by atoms with Gasteiger partial charge < -0.3 is 19.9 Å². The van der Waals surface area contributed by atoms with Crippen LogP contribution in [0.4, 0.5) is 11.4 Å². The molecule has 0 spiro atoms. The zero-order valence-corrected chi connectivity index (χ0v) is 18.3. The third-order valence-corrected chi connectivity index (χ3v) is 5.79. The van der Waals surface area contributed by atoms with Gasteiger partial charge in [0.1, 0.15) is 5.82 Å². The number of nitrogens with one attached hydrogen (secondary N) is 2. The largest absolute Gasteiger partial charge is 0.378 e. The number of H-pyrrole nitrogens is 1. The number of benzene rings is 2. The number of halogens is 1. The lowest BCUT2D eigenvalue weighted by Gasteiger charge is -2.28. The van der Waals surface area contributed by atoms with Crippen LogP contribution in [0.2, 0.25) is 5.02 Å². The number of anilines is 2. The van der Waals surface area contributed by atoms with Crippen molar-refractivity contribution >= 4 is 40.0 Å². The van der Waals surface area contributed by atoms with Crippen LogP contribution in [-0.4, -0.2) is 47.2 Å². The Kier molecular flexibility index (Phi) is 5.51. The van der Waals surface area contributed by atoms with Crippen LogP contribution >= 0.6 is 11.6 Å². The van der Waals surface area contributed by atoms with Crippen molar-refractivity contribution in [2.45, 2.75) is 6.92 Å². The summed E-state index contributed by atoms with van der Waals surface area (Å²) in [5.41, 5.74) is 5.51. The molecule has 8 heteroatoms. The highest BCUT2D eigenvalue weighted by Gasteiger charge is 2.14. The van der Waals surface area contributed by atoms with E-state index < -0.39 is 0 Å². The molecule has 0 saturated carbocycles. The molecular weight excluding hydrogens is 426 g/mol. The summed E-state index contributed by atoms with van der Waals surface area (Å²) in [7, 11) is 0. The maximum atomic E-state index is 12.8. The monoisotopic (exact) mass is 447 g/mol. The minimum absolute atomic E-state index is 0.186. The molecule has 0 atom stereocenters. The molecule has 32 heavy (non-hydrogen) atoms. The Hall–Kier alpha value is -3.42. The first-order valence-electron chi connectivity index (χ1n) is 10.4. The standard InChI is InChI=1S/C24H22ClN5O2/c1-15-12-21-23(26-14-15)29-22(28-21)19-13-17(4-7-20(19)25)27-24(31)16-2-5-18(6-3-16)30-8-10-32-11-9-30/h2-7,12-14H,8-11H2,1H3,(H,27,31)(H,26,28,29). The molecule has 1 saturated heterocycles. The number of ether oxygens (including phenoxy) is 1. The first-order chi connectivity index (χ1) is 15.6. The molecule has 3 heterocycles. The van der Waals surface area contributed by atoms with Crippen molar-refractivity contribution in [1.29, 1.82) is 0 Å². The number of morpholine rings is 1. The second-order valence-corrected chi connectivity index (χ2v) is 8.17. The summed E-state index contributed by atoms with van der Waals surface area (Å²) in [4.78, 5) is 27.2. The smallest absolute Gasteiger partial charge is 0.255 e. The van der Waals surface area contributed by atoms with Crippen LogP contribution in [0.1, 0.15) is 15.9 Å². The van der Waals surface area contributed by atoms with Gasteiger partial charge in [0.15, 0.2) is 5.65 Å².